The molecule has 2 aliphatic rings. The van der Waals surface area contributed by atoms with Gasteiger partial charge in [-0.3, -0.25) is 4.79 Å². The molecule has 4 rings (SSSR count). The van der Waals surface area contributed by atoms with Crippen LogP contribution >= 0.6 is 11.3 Å². The Balaban J connectivity index is 1.26. The Morgan fingerprint density at radius 2 is 1.88 bits per heavy atom. The molecule has 0 N–H and O–H groups in total. The van der Waals surface area contributed by atoms with E-state index in [-0.39, 0.29) is 6.10 Å². The maximum atomic E-state index is 12.5. The summed E-state index contributed by atoms with van der Waals surface area (Å²) >= 11 is 1.61. The minimum Gasteiger partial charge on any atom is -0.467 e. The van der Waals surface area contributed by atoms with Crippen molar-refractivity contribution in [3.8, 4) is 5.19 Å². The maximum absolute atomic E-state index is 12.5. The quantitative estimate of drug-likeness (QED) is 0.800. The second-order valence-corrected chi connectivity index (χ2v) is 8.35. The molecule has 25 heavy (non-hydrogen) atoms. The Morgan fingerprint density at radius 1 is 1.12 bits per heavy atom. The number of carbonyl (C=O) groups is 1. The Bertz CT molecular complexity index is 682. The van der Waals surface area contributed by atoms with E-state index in [4.69, 9.17) is 4.74 Å². The van der Waals surface area contributed by atoms with Crippen molar-refractivity contribution in [2.75, 3.05) is 13.1 Å². The predicted molar refractivity (Wildman–Crippen MR) is 101 cm³/mol. The average molecular weight is 359 g/mol. The molecule has 0 radical (unpaired) electrons. The van der Waals surface area contributed by atoms with Gasteiger partial charge in [0.2, 0.25) is 5.91 Å². The highest BCUT2D eigenvalue weighted by Gasteiger charge is 2.26. The van der Waals surface area contributed by atoms with Gasteiger partial charge in [0.1, 0.15) is 6.10 Å². The number of aromatic nitrogens is 1. The van der Waals surface area contributed by atoms with Crippen molar-refractivity contribution in [3.63, 3.8) is 0 Å². The van der Waals surface area contributed by atoms with Crippen molar-refractivity contribution < 1.29 is 9.53 Å². The molecule has 0 atom stereocenters. The van der Waals surface area contributed by atoms with Crippen LogP contribution in [-0.4, -0.2) is 35.0 Å². The molecular formula is C20H26N2O2S. The van der Waals surface area contributed by atoms with E-state index in [1.807, 2.05) is 23.1 Å². The molecular weight excluding hydrogens is 332 g/mol. The first-order chi connectivity index (χ1) is 12.3. The molecule has 1 aromatic carbocycles. The van der Waals surface area contributed by atoms with E-state index < -0.39 is 0 Å². The fraction of sp³-hybridized carbons (Fsp3) is 0.600. The van der Waals surface area contributed by atoms with Crippen LogP contribution in [0.15, 0.2) is 24.3 Å². The molecule has 1 amide bonds. The Morgan fingerprint density at radius 3 is 2.64 bits per heavy atom. The standard InChI is InChI=1S/C20H26N2O2S/c23-19(14-15-6-2-1-3-7-15)22-12-10-16(11-13-22)24-20-21-17-8-4-5-9-18(17)25-20/h4-5,8-9,15-16H,1-3,6-7,10-14H2. The third-order valence-electron chi connectivity index (χ3n) is 5.52. The second-order valence-electron chi connectivity index (χ2n) is 7.35. The first-order valence-electron chi connectivity index (χ1n) is 9.58. The number of likely N-dealkylation sites (tertiary alicyclic amines) is 1. The second kappa shape index (κ2) is 7.73. The molecule has 1 saturated heterocycles. The Hall–Kier alpha value is -1.62. The van der Waals surface area contributed by atoms with Crippen LogP contribution in [0.25, 0.3) is 10.2 Å². The maximum Gasteiger partial charge on any atom is 0.274 e. The molecule has 2 fully saturated rings. The topological polar surface area (TPSA) is 42.4 Å². The molecule has 1 aliphatic carbocycles. The molecule has 5 heteroatoms. The highest BCUT2D eigenvalue weighted by molar-refractivity contribution is 7.20. The van der Waals surface area contributed by atoms with Gasteiger partial charge in [-0.25, -0.2) is 4.98 Å². The van der Waals surface area contributed by atoms with Crippen LogP contribution in [0.4, 0.5) is 0 Å². The summed E-state index contributed by atoms with van der Waals surface area (Å²) in [6.45, 7) is 1.64. The smallest absolute Gasteiger partial charge is 0.274 e. The molecule has 134 valence electrons. The summed E-state index contributed by atoms with van der Waals surface area (Å²) in [5.41, 5.74) is 1.00. The molecule has 2 heterocycles. The lowest BCUT2D eigenvalue weighted by Crippen LogP contribution is -2.42. The lowest BCUT2D eigenvalue weighted by atomic mass is 9.86. The average Bonchev–Trinajstić information content (AvgIpc) is 3.05. The van der Waals surface area contributed by atoms with Gasteiger partial charge in [-0.1, -0.05) is 42.7 Å². The zero-order chi connectivity index (χ0) is 17.1. The number of carbonyl (C=O) groups excluding carboxylic acids is 1. The lowest BCUT2D eigenvalue weighted by Gasteiger charge is -2.33. The molecule has 0 unspecified atom stereocenters. The van der Waals surface area contributed by atoms with E-state index in [9.17, 15) is 4.79 Å². The van der Waals surface area contributed by atoms with Crippen LogP contribution in [0.2, 0.25) is 0 Å². The predicted octanol–water partition coefficient (Wildman–Crippen LogP) is 4.64. The number of hydrogen-bond donors (Lipinski definition) is 0. The van der Waals surface area contributed by atoms with E-state index in [0.717, 1.165) is 47.8 Å². The Labute approximate surface area is 153 Å². The number of para-hydroxylation sites is 1. The normalized spacial score (nSPS) is 20.1. The number of benzene rings is 1. The van der Waals surface area contributed by atoms with Crippen LogP contribution < -0.4 is 4.74 Å². The molecule has 1 aromatic heterocycles. The fourth-order valence-electron chi connectivity index (χ4n) is 4.03. The van der Waals surface area contributed by atoms with E-state index in [1.165, 1.54) is 32.1 Å². The third kappa shape index (κ3) is 4.14. The number of thiazole rings is 1. The van der Waals surface area contributed by atoms with Crippen LogP contribution in [-0.2, 0) is 4.79 Å². The number of rotatable bonds is 4. The van der Waals surface area contributed by atoms with Gasteiger partial charge < -0.3 is 9.64 Å². The van der Waals surface area contributed by atoms with Crippen molar-refractivity contribution in [3.05, 3.63) is 24.3 Å². The van der Waals surface area contributed by atoms with Gasteiger partial charge in [-0.2, -0.15) is 0 Å². The molecule has 0 spiro atoms. The van der Waals surface area contributed by atoms with Crippen LogP contribution in [0, 0.1) is 5.92 Å². The molecule has 2 aromatic rings. The van der Waals surface area contributed by atoms with E-state index in [0.29, 0.717) is 11.8 Å². The zero-order valence-electron chi connectivity index (χ0n) is 14.7. The molecule has 4 nitrogen and oxygen atoms in total. The van der Waals surface area contributed by atoms with E-state index >= 15 is 0 Å². The number of nitrogens with zero attached hydrogens (tertiary/aromatic N) is 2. The first-order valence-corrected chi connectivity index (χ1v) is 10.4. The van der Waals surface area contributed by atoms with Crippen LogP contribution in [0.3, 0.4) is 0 Å². The SMILES string of the molecule is O=C(CC1CCCCC1)N1CCC(Oc2nc3ccccc3s2)CC1. The first kappa shape index (κ1) is 16.8. The monoisotopic (exact) mass is 358 g/mol. The molecule has 1 aliphatic heterocycles. The molecule has 0 bridgehead atoms. The van der Waals surface area contributed by atoms with Crippen molar-refractivity contribution in [2.45, 2.75) is 57.5 Å². The van der Waals surface area contributed by atoms with Gasteiger partial charge in [0, 0.05) is 32.4 Å². The van der Waals surface area contributed by atoms with Gasteiger partial charge in [0.25, 0.3) is 5.19 Å². The molecule has 1 saturated carbocycles. The van der Waals surface area contributed by atoms with Gasteiger partial charge in [0.15, 0.2) is 0 Å². The summed E-state index contributed by atoms with van der Waals surface area (Å²) in [5, 5.41) is 0.758. The van der Waals surface area contributed by atoms with Crippen molar-refractivity contribution in [2.24, 2.45) is 5.92 Å². The third-order valence-corrected chi connectivity index (χ3v) is 6.45. The number of hydrogen-bond acceptors (Lipinski definition) is 4. The number of amides is 1. The summed E-state index contributed by atoms with van der Waals surface area (Å²) in [6, 6.07) is 8.13. The Kier molecular flexibility index (Phi) is 5.20. The summed E-state index contributed by atoms with van der Waals surface area (Å²) in [7, 11) is 0. The lowest BCUT2D eigenvalue weighted by molar-refractivity contribution is -0.134. The number of ether oxygens (including phenoxy) is 1. The minimum atomic E-state index is 0.180. The largest absolute Gasteiger partial charge is 0.467 e. The van der Waals surface area contributed by atoms with Gasteiger partial charge in [-0.05, 0) is 30.9 Å². The van der Waals surface area contributed by atoms with Crippen molar-refractivity contribution in [1.29, 1.82) is 0 Å². The fourth-order valence-corrected chi connectivity index (χ4v) is 4.92. The van der Waals surface area contributed by atoms with Gasteiger partial charge >= 0.3 is 0 Å². The van der Waals surface area contributed by atoms with Crippen molar-refractivity contribution in [1.82, 2.24) is 9.88 Å². The summed E-state index contributed by atoms with van der Waals surface area (Å²) in [5.74, 6) is 0.975. The van der Waals surface area contributed by atoms with Gasteiger partial charge in [-0.15, -0.1) is 0 Å². The summed E-state index contributed by atoms with van der Waals surface area (Å²) in [4.78, 5) is 19.1. The zero-order valence-corrected chi connectivity index (χ0v) is 15.5. The van der Waals surface area contributed by atoms with E-state index in [1.54, 1.807) is 11.3 Å². The highest BCUT2D eigenvalue weighted by Crippen LogP contribution is 2.30. The number of fused-ring (bicyclic) bond motifs is 1. The summed E-state index contributed by atoms with van der Waals surface area (Å²) < 4.78 is 7.25. The minimum absolute atomic E-state index is 0.180. The van der Waals surface area contributed by atoms with Crippen molar-refractivity contribution >= 4 is 27.5 Å². The van der Waals surface area contributed by atoms with Gasteiger partial charge in [0.05, 0.1) is 10.2 Å². The highest BCUT2D eigenvalue weighted by atomic mass is 32.1. The van der Waals surface area contributed by atoms with Crippen LogP contribution in [0.1, 0.15) is 51.4 Å². The number of piperidine rings is 1. The summed E-state index contributed by atoms with van der Waals surface area (Å²) in [6.07, 6.45) is 9.18. The van der Waals surface area contributed by atoms with Crippen LogP contribution in [0.5, 0.6) is 5.19 Å². The van der Waals surface area contributed by atoms with E-state index in [2.05, 4.69) is 11.1 Å².